The zero-order valence-corrected chi connectivity index (χ0v) is 23.9. The minimum atomic E-state index is -2.58. The summed E-state index contributed by atoms with van der Waals surface area (Å²) >= 11 is 0. The van der Waals surface area contributed by atoms with Crippen LogP contribution in [0.25, 0.3) is 11.3 Å². The van der Waals surface area contributed by atoms with Gasteiger partial charge in [-0.1, -0.05) is 30.3 Å². The summed E-state index contributed by atoms with van der Waals surface area (Å²) in [4.78, 5) is 14.9. The Balaban J connectivity index is 0.00000370. The van der Waals surface area contributed by atoms with Gasteiger partial charge in [0.15, 0.2) is 11.5 Å². The van der Waals surface area contributed by atoms with Gasteiger partial charge in [0.1, 0.15) is 11.9 Å². The highest BCUT2D eigenvalue weighted by molar-refractivity contribution is 5.85. The molecule has 8 nitrogen and oxygen atoms in total. The first-order valence-corrected chi connectivity index (χ1v) is 13.3. The van der Waals surface area contributed by atoms with E-state index in [0.717, 1.165) is 23.2 Å². The number of fused-ring (bicyclic) bond motifs is 1. The number of methoxy groups -OCH3 is 2. The molecule has 2 aliphatic rings. The Morgan fingerprint density at radius 3 is 2.48 bits per heavy atom. The molecule has 1 saturated heterocycles. The van der Waals surface area contributed by atoms with Crippen LogP contribution in [-0.4, -0.2) is 66.4 Å². The maximum atomic E-state index is 14.2. The third kappa shape index (κ3) is 6.02. The zero-order chi connectivity index (χ0) is 27.7. The van der Waals surface area contributed by atoms with Gasteiger partial charge >= 0.3 is 0 Å². The number of aromatic nitrogens is 2. The van der Waals surface area contributed by atoms with E-state index < -0.39 is 12.5 Å². The second-order valence-corrected chi connectivity index (χ2v) is 10.4. The average molecular weight is 576 g/mol. The summed E-state index contributed by atoms with van der Waals surface area (Å²) in [6, 6.07) is 13.9. The number of ether oxygens (including phenoxy) is 2. The predicted molar refractivity (Wildman–Crippen MR) is 153 cm³/mol. The Bertz CT molecular complexity index is 1320. The molecule has 0 spiro atoms. The summed E-state index contributed by atoms with van der Waals surface area (Å²) in [5.74, 6) is 1.76. The fourth-order valence-corrected chi connectivity index (χ4v) is 5.41. The quantitative estimate of drug-likeness (QED) is 0.408. The molecular weight excluding hydrogens is 540 g/mol. The summed E-state index contributed by atoms with van der Waals surface area (Å²) in [6.45, 7) is 5.62. The van der Waals surface area contributed by atoms with E-state index in [4.69, 9.17) is 9.47 Å². The molecular formula is C29H36ClF2N5O3. The second-order valence-electron chi connectivity index (χ2n) is 10.4. The van der Waals surface area contributed by atoms with E-state index in [1.807, 2.05) is 41.3 Å². The topological polar surface area (TPSA) is 80.7 Å². The number of nitrogens with zero attached hydrogens (tertiary/aromatic N) is 3. The summed E-state index contributed by atoms with van der Waals surface area (Å²) in [6.07, 6.45) is -2.09. The number of amides is 1. The Morgan fingerprint density at radius 2 is 1.80 bits per heavy atom. The highest BCUT2D eigenvalue weighted by atomic mass is 35.5. The standard InChI is InChI=1S/C29H35F2N5O3.ClH/c1-17-16-35(18(2)15-32-17)28(37)11-19-5-7-20(8-6-19)23-14-27-33-22(13-24(29(30)31)36(27)34-23)21-9-10-25(38-3)26(12-21)39-4;/h5-10,12,14,17-18,22,24,29,32-33H,11,13,15-16H2,1-4H3;1H/t17-,18+,22?,24?;/m0./s1. The first-order valence-electron chi connectivity index (χ1n) is 13.3. The molecule has 216 valence electrons. The Labute approximate surface area is 239 Å². The molecule has 0 radical (unpaired) electrons. The predicted octanol–water partition coefficient (Wildman–Crippen LogP) is 5.10. The van der Waals surface area contributed by atoms with E-state index in [1.165, 1.54) is 4.68 Å². The Hall–Kier alpha value is -3.37. The lowest BCUT2D eigenvalue weighted by Gasteiger charge is -2.37. The van der Waals surface area contributed by atoms with Gasteiger partial charge in [0.2, 0.25) is 5.91 Å². The lowest BCUT2D eigenvalue weighted by Crippen LogP contribution is -2.56. The van der Waals surface area contributed by atoms with E-state index in [1.54, 1.807) is 26.4 Å². The number of halogens is 3. The molecule has 2 aromatic carbocycles. The van der Waals surface area contributed by atoms with Gasteiger partial charge in [0.05, 0.1) is 32.4 Å². The smallest absolute Gasteiger partial charge is 0.260 e. The first kappa shape index (κ1) is 29.6. The van der Waals surface area contributed by atoms with Crippen molar-refractivity contribution in [2.24, 2.45) is 0 Å². The molecule has 11 heteroatoms. The van der Waals surface area contributed by atoms with Crippen LogP contribution in [-0.2, 0) is 11.2 Å². The van der Waals surface area contributed by atoms with Crippen LogP contribution in [0.4, 0.5) is 14.6 Å². The summed E-state index contributed by atoms with van der Waals surface area (Å²) in [5.41, 5.74) is 3.13. The van der Waals surface area contributed by atoms with Gasteiger partial charge in [-0.3, -0.25) is 4.79 Å². The van der Waals surface area contributed by atoms with E-state index in [0.29, 0.717) is 36.0 Å². The van der Waals surface area contributed by atoms with Crippen molar-refractivity contribution >= 4 is 24.1 Å². The second kappa shape index (κ2) is 12.4. The molecule has 2 unspecified atom stereocenters. The van der Waals surface area contributed by atoms with Crippen LogP contribution in [0.1, 0.15) is 43.5 Å². The lowest BCUT2D eigenvalue weighted by atomic mass is 9.97. The molecule has 3 aromatic rings. The minimum absolute atomic E-state index is 0. The molecule has 4 atom stereocenters. The molecule has 1 aromatic heterocycles. The number of anilines is 1. The number of hydrogen-bond donors (Lipinski definition) is 2. The number of benzene rings is 2. The number of hydrogen-bond acceptors (Lipinski definition) is 6. The van der Waals surface area contributed by atoms with Gasteiger partial charge in [-0.25, -0.2) is 13.5 Å². The molecule has 3 heterocycles. The molecule has 1 amide bonds. The monoisotopic (exact) mass is 575 g/mol. The molecule has 2 N–H and O–H groups in total. The SMILES string of the molecule is COc1ccc(C2CC(C(F)F)n3nc(-c4ccc(CC(=O)N5C[C@H](C)NC[C@H]5C)cc4)cc3N2)cc1OC.Cl. The van der Waals surface area contributed by atoms with Crippen molar-refractivity contribution in [2.75, 3.05) is 32.6 Å². The van der Waals surface area contributed by atoms with Gasteiger partial charge in [-0.15, -0.1) is 12.4 Å². The van der Waals surface area contributed by atoms with Crippen LogP contribution in [0.5, 0.6) is 11.5 Å². The summed E-state index contributed by atoms with van der Waals surface area (Å²) < 4.78 is 40.5. The van der Waals surface area contributed by atoms with E-state index in [-0.39, 0.29) is 42.9 Å². The maximum absolute atomic E-state index is 14.2. The minimum Gasteiger partial charge on any atom is -0.493 e. The molecule has 40 heavy (non-hydrogen) atoms. The zero-order valence-electron chi connectivity index (χ0n) is 23.1. The number of rotatable bonds is 7. The van der Waals surface area contributed by atoms with E-state index in [2.05, 4.69) is 29.6 Å². The number of carbonyl (C=O) groups excluding carboxylic acids is 1. The van der Waals surface area contributed by atoms with Crippen molar-refractivity contribution in [1.29, 1.82) is 0 Å². The summed E-state index contributed by atoms with van der Waals surface area (Å²) in [7, 11) is 3.10. The number of alkyl halides is 2. The van der Waals surface area contributed by atoms with Crippen LogP contribution in [0.3, 0.4) is 0 Å². The fourth-order valence-electron chi connectivity index (χ4n) is 5.41. The number of carbonyl (C=O) groups is 1. The van der Waals surface area contributed by atoms with Gasteiger partial charge in [-0.05, 0) is 43.5 Å². The van der Waals surface area contributed by atoms with E-state index >= 15 is 0 Å². The highest BCUT2D eigenvalue weighted by Gasteiger charge is 2.35. The van der Waals surface area contributed by atoms with Crippen LogP contribution < -0.4 is 20.1 Å². The van der Waals surface area contributed by atoms with Crippen molar-refractivity contribution in [3.8, 4) is 22.8 Å². The van der Waals surface area contributed by atoms with Gasteiger partial charge in [0, 0.05) is 36.8 Å². The third-order valence-electron chi connectivity index (χ3n) is 7.64. The van der Waals surface area contributed by atoms with Crippen molar-refractivity contribution in [3.63, 3.8) is 0 Å². The first-order chi connectivity index (χ1) is 18.8. The van der Waals surface area contributed by atoms with Crippen molar-refractivity contribution in [3.05, 3.63) is 59.7 Å². The van der Waals surface area contributed by atoms with Crippen molar-refractivity contribution in [1.82, 2.24) is 20.0 Å². The highest BCUT2D eigenvalue weighted by Crippen LogP contribution is 2.41. The Kier molecular flexibility index (Phi) is 9.20. The maximum Gasteiger partial charge on any atom is 0.260 e. The van der Waals surface area contributed by atoms with Gasteiger partial charge in [-0.2, -0.15) is 5.10 Å². The van der Waals surface area contributed by atoms with Crippen LogP contribution in [0.2, 0.25) is 0 Å². The van der Waals surface area contributed by atoms with Gasteiger partial charge in [0.25, 0.3) is 6.43 Å². The normalized spacial score (nSPS) is 22.2. The van der Waals surface area contributed by atoms with Gasteiger partial charge < -0.3 is 25.0 Å². The number of piperazine rings is 1. The average Bonchev–Trinajstić information content (AvgIpc) is 3.38. The molecule has 2 aliphatic heterocycles. The number of nitrogens with one attached hydrogen (secondary N) is 2. The van der Waals surface area contributed by atoms with Crippen molar-refractivity contribution in [2.45, 2.75) is 57.3 Å². The molecule has 1 fully saturated rings. The third-order valence-corrected chi connectivity index (χ3v) is 7.64. The molecule has 5 rings (SSSR count). The van der Waals surface area contributed by atoms with E-state index in [9.17, 15) is 13.6 Å². The van der Waals surface area contributed by atoms with Crippen LogP contribution in [0.15, 0.2) is 48.5 Å². The lowest BCUT2D eigenvalue weighted by molar-refractivity contribution is -0.133. The molecule has 0 bridgehead atoms. The van der Waals surface area contributed by atoms with Crippen LogP contribution >= 0.6 is 12.4 Å². The largest absolute Gasteiger partial charge is 0.493 e. The molecule has 0 aliphatic carbocycles. The Morgan fingerprint density at radius 1 is 1.07 bits per heavy atom. The fraction of sp³-hybridized carbons (Fsp3) is 0.448. The summed E-state index contributed by atoms with van der Waals surface area (Å²) in [5, 5.41) is 11.3. The molecule has 0 saturated carbocycles. The van der Waals surface area contributed by atoms with Crippen LogP contribution in [0, 0.1) is 0 Å². The van der Waals surface area contributed by atoms with Crippen molar-refractivity contribution < 1.29 is 23.0 Å².